The average Bonchev–Trinajstić information content (AvgIpc) is 2.54. The van der Waals surface area contributed by atoms with Crippen LogP contribution in [0.25, 0.3) is 10.8 Å². The monoisotopic (exact) mass is 386 g/mol. The molecule has 0 radical (unpaired) electrons. The Hall–Kier alpha value is 0.246. The summed E-state index contributed by atoms with van der Waals surface area (Å²) in [7, 11) is -4.50. The van der Waals surface area contributed by atoms with Gasteiger partial charge >= 0.3 is 51.4 Å². The van der Waals surface area contributed by atoms with Gasteiger partial charge in [-0.05, 0) is 47.6 Å². The summed E-state index contributed by atoms with van der Waals surface area (Å²) in [5.41, 5.74) is 1.79. The van der Waals surface area contributed by atoms with Gasteiger partial charge in [0.05, 0.1) is 4.90 Å². The Morgan fingerprint density at radius 1 is 0.920 bits per heavy atom. The van der Waals surface area contributed by atoms with Crippen LogP contribution in [0.3, 0.4) is 0 Å². The van der Waals surface area contributed by atoms with Crippen LogP contribution in [0.5, 0.6) is 0 Å². The van der Waals surface area contributed by atoms with Crippen molar-refractivity contribution in [3.05, 3.63) is 41.5 Å². The normalized spacial score (nSPS) is 11.5. The van der Waals surface area contributed by atoms with Crippen molar-refractivity contribution in [3.8, 4) is 0 Å². The van der Waals surface area contributed by atoms with Crippen molar-refractivity contribution in [2.45, 2.75) is 70.1 Å². The number of fused-ring (bicyclic) bond motifs is 1. The summed E-state index contributed by atoms with van der Waals surface area (Å²) >= 11 is 0. The fourth-order valence-electron chi connectivity index (χ4n) is 3.31. The van der Waals surface area contributed by atoms with Gasteiger partial charge in [-0.1, -0.05) is 69.9 Å². The molecule has 0 unspecified atom stereocenters. The van der Waals surface area contributed by atoms with E-state index >= 15 is 0 Å². The van der Waals surface area contributed by atoms with Crippen LogP contribution in [0, 0.1) is 0 Å². The van der Waals surface area contributed by atoms with Crippen molar-refractivity contribution in [1.29, 1.82) is 0 Å². The van der Waals surface area contributed by atoms with Crippen molar-refractivity contribution in [2.75, 3.05) is 0 Å². The molecule has 0 aliphatic carbocycles. The van der Waals surface area contributed by atoms with Crippen LogP contribution < -0.4 is 51.4 Å². The second kappa shape index (κ2) is 11.2. The molecule has 2 rings (SSSR count). The van der Waals surface area contributed by atoms with Crippen molar-refractivity contribution in [1.82, 2.24) is 0 Å². The van der Waals surface area contributed by atoms with Crippen molar-refractivity contribution >= 4 is 20.9 Å². The molecule has 0 aliphatic rings. The van der Waals surface area contributed by atoms with E-state index in [1.54, 1.807) is 12.1 Å². The van der Waals surface area contributed by atoms with E-state index in [2.05, 4.69) is 19.9 Å². The third kappa shape index (κ3) is 6.42. The number of unbranched alkanes of at least 4 members (excludes halogenated alkanes) is 4. The first-order valence-corrected chi connectivity index (χ1v) is 10.4. The number of benzene rings is 2. The minimum absolute atomic E-state index is 0. The molecule has 5 heteroatoms. The summed E-state index contributed by atoms with van der Waals surface area (Å²) in [5.74, 6) is 0. The van der Waals surface area contributed by atoms with Gasteiger partial charge in [-0.2, -0.15) is 0 Å². The second-order valence-corrected chi connectivity index (χ2v) is 7.75. The number of hydrogen-bond acceptors (Lipinski definition) is 3. The molecule has 0 saturated carbocycles. The summed E-state index contributed by atoms with van der Waals surface area (Å²) in [6, 6.07) is 9.41. The predicted molar refractivity (Wildman–Crippen MR) is 98.4 cm³/mol. The topological polar surface area (TPSA) is 57.2 Å². The maximum Gasteiger partial charge on any atom is 1.00 e. The summed E-state index contributed by atoms with van der Waals surface area (Å²) in [4.78, 5) is 0.0169. The quantitative estimate of drug-likeness (QED) is 0.377. The molecule has 0 fully saturated rings. The molecule has 132 valence electrons. The first kappa shape index (κ1) is 23.3. The molecule has 2 aromatic rings. The molecule has 0 N–H and O–H groups in total. The van der Waals surface area contributed by atoms with Crippen LogP contribution in [0.1, 0.15) is 63.5 Å². The number of rotatable bonds is 9. The summed E-state index contributed by atoms with van der Waals surface area (Å²) < 4.78 is 36.1. The molecule has 0 aliphatic heterocycles. The van der Waals surface area contributed by atoms with Crippen LogP contribution in [-0.4, -0.2) is 13.0 Å². The fraction of sp³-hybridized carbons (Fsp3) is 0.500. The first-order valence-electron chi connectivity index (χ1n) is 8.98. The molecule has 0 amide bonds. The van der Waals surface area contributed by atoms with Crippen LogP contribution in [-0.2, 0) is 23.0 Å². The van der Waals surface area contributed by atoms with Crippen molar-refractivity contribution < 1.29 is 64.4 Å². The van der Waals surface area contributed by atoms with Crippen LogP contribution in [0.15, 0.2) is 35.2 Å². The van der Waals surface area contributed by atoms with E-state index in [9.17, 15) is 13.0 Å². The standard InChI is InChI=1S/C20H28O3S.K/c1-3-5-7-11-16-15-17-12-9-10-14-19(17)20(24(21,22)23)18(16)13-8-6-4-2;/h9-10,12,14-15H,3-8,11,13H2,1-2H3,(H,21,22,23);/q;+1/p-1. The maximum absolute atomic E-state index is 12.0. The molecular formula is C20H27KO3S. The van der Waals surface area contributed by atoms with Crippen LogP contribution in [0.2, 0.25) is 0 Å². The SMILES string of the molecule is CCCCCc1cc2ccccc2c(S(=O)(=O)[O-])c1CCCCC.[K+]. The van der Waals surface area contributed by atoms with Gasteiger partial charge in [-0.15, -0.1) is 0 Å². The molecule has 0 aromatic heterocycles. The van der Waals surface area contributed by atoms with Gasteiger partial charge in [0.25, 0.3) is 0 Å². The zero-order chi connectivity index (χ0) is 17.6. The Bertz CT molecular complexity index is 785. The van der Waals surface area contributed by atoms with Crippen molar-refractivity contribution in [3.63, 3.8) is 0 Å². The molecule has 0 atom stereocenters. The molecule has 0 bridgehead atoms. The molecular weight excluding hydrogens is 359 g/mol. The van der Waals surface area contributed by atoms with Crippen LogP contribution in [0.4, 0.5) is 0 Å². The minimum atomic E-state index is -4.50. The van der Waals surface area contributed by atoms with E-state index in [1.807, 2.05) is 12.1 Å². The Balaban J connectivity index is 0.00000312. The predicted octanol–water partition coefficient (Wildman–Crippen LogP) is 2.21. The van der Waals surface area contributed by atoms with Gasteiger partial charge < -0.3 is 4.55 Å². The van der Waals surface area contributed by atoms with E-state index in [1.165, 1.54) is 0 Å². The van der Waals surface area contributed by atoms with E-state index in [-0.39, 0.29) is 56.3 Å². The van der Waals surface area contributed by atoms with E-state index < -0.39 is 10.1 Å². The van der Waals surface area contributed by atoms with Gasteiger partial charge in [-0.3, -0.25) is 0 Å². The molecule has 0 spiro atoms. The van der Waals surface area contributed by atoms with Crippen molar-refractivity contribution in [2.24, 2.45) is 0 Å². The molecule has 25 heavy (non-hydrogen) atoms. The first-order chi connectivity index (χ1) is 11.5. The summed E-state index contributed by atoms with van der Waals surface area (Å²) in [6.45, 7) is 4.27. The molecule has 0 saturated heterocycles. The second-order valence-electron chi connectivity index (χ2n) is 6.43. The third-order valence-electron chi connectivity index (χ3n) is 4.53. The molecule has 3 nitrogen and oxygen atoms in total. The zero-order valence-electron chi connectivity index (χ0n) is 15.7. The largest absolute Gasteiger partial charge is 1.00 e. The Labute approximate surface area is 194 Å². The number of hydrogen-bond donors (Lipinski definition) is 0. The van der Waals surface area contributed by atoms with Crippen LogP contribution >= 0.6 is 0 Å². The fourth-order valence-corrected chi connectivity index (χ4v) is 4.30. The zero-order valence-corrected chi connectivity index (χ0v) is 19.6. The van der Waals surface area contributed by atoms with Gasteiger partial charge in [0.2, 0.25) is 0 Å². The minimum Gasteiger partial charge on any atom is -0.744 e. The Morgan fingerprint density at radius 2 is 1.52 bits per heavy atom. The summed E-state index contributed by atoms with van der Waals surface area (Å²) in [5, 5.41) is 1.41. The average molecular weight is 387 g/mol. The Kier molecular flexibility index (Phi) is 10.4. The summed E-state index contributed by atoms with van der Waals surface area (Å²) in [6.07, 6.45) is 7.77. The van der Waals surface area contributed by atoms with Gasteiger partial charge in [0.1, 0.15) is 10.1 Å². The Morgan fingerprint density at radius 3 is 2.12 bits per heavy atom. The number of aryl methyl sites for hydroxylation is 1. The van der Waals surface area contributed by atoms with E-state index in [0.29, 0.717) is 11.8 Å². The molecule has 0 heterocycles. The van der Waals surface area contributed by atoms with Gasteiger partial charge in [-0.25, -0.2) is 8.42 Å². The third-order valence-corrected chi connectivity index (χ3v) is 5.49. The maximum atomic E-state index is 12.0. The molecule has 2 aromatic carbocycles. The van der Waals surface area contributed by atoms with E-state index in [0.717, 1.165) is 61.5 Å². The smallest absolute Gasteiger partial charge is 0.744 e. The van der Waals surface area contributed by atoms with E-state index in [4.69, 9.17) is 0 Å². The van der Waals surface area contributed by atoms with Gasteiger partial charge in [0.15, 0.2) is 0 Å². The van der Waals surface area contributed by atoms with Gasteiger partial charge in [0, 0.05) is 0 Å².